The Morgan fingerprint density at radius 1 is 1.10 bits per heavy atom. The van der Waals surface area contributed by atoms with Crippen LogP contribution in [0.3, 0.4) is 0 Å². The molecule has 0 aromatic heterocycles. The first kappa shape index (κ1) is 9.80. The second kappa shape index (κ2) is 8.80. The van der Waals surface area contributed by atoms with Crippen LogP contribution in [-0.2, 0) is 19.4 Å². The molecule has 5 heteroatoms. The van der Waals surface area contributed by atoms with Crippen LogP contribution in [-0.4, -0.2) is 33.5 Å². The quantitative estimate of drug-likeness (QED) is 0.262. The molecule has 0 unspecified atom stereocenters. The topological polar surface area (TPSA) is 60.0 Å². The summed E-state index contributed by atoms with van der Waals surface area (Å²) in [5.41, 5.74) is 0. The predicted molar refractivity (Wildman–Crippen MR) is 29.7 cm³/mol. The van der Waals surface area contributed by atoms with Gasteiger partial charge in [0.25, 0.3) is 0 Å². The Morgan fingerprint density at radius 3 is 2.40 bits per heavy atom. The van der Waals surface area contributed by atoms with Crippen LogP contribution in [0.4, 0.5) is 0 Å². The van der Waals surface area contributed by atoms with E-state index in [1.165, 1.54) is 0 Å². The minimum Gasteiger partial charge on any atom is -0.692 e. The van der Waals surface area contributed by atoms with Gasteiger partial charge in [0.2, 0.25) is 0 Å². The highest BCUT2D eigenvalue weighted by Crippen LogP contribution is 1.77. The molecule has 0 aromatic rings. The third kappa shape index (κ3) is 7.80. The van der Waals surface area contributed by atoms with Gasteiger partial charge in [-0.2, -0.15) is 0 Å². The Balaban J connectivity index is 2.65. The van der Waals surface area contributed by atoms with Crippen molar-refractivity contribution in [2.45, 2.75) is 0 Å². The van der Waals surface area contributed by atoms with Crippen molar-refractivity contribution in [3.8, 4) is 0 Å². The molecule has 5 nitrogen and oxygen atoms in total. The zero-order chi connectivity index (χ0) is 7.66. The van der Waals surface area contributed by atoms with Crippen LogP contribution in [0, 0.1) is 0 Å². The lowest BCUT2D eigenvalue weighted by atomic mass is 10.7. The van der Waals surface area contributed by atoms with Gasteiger partial charge in [0, 0.05) is 7.11 Å². The third-order valence-electron chi connectivity index (χ3n) is 0.791. The maximum atomic E-state index is 9.22. The Morgan fingerprint density at radius 2 is 1.80 bits per heavy atom. The summed E-state index contributed by atoms with van der Waals surface area (Å²) >= 11 is 0. The molecule has 0 bridgehead atoms. The summed E-state index contributed by atoms with van der Waals surface area (Å²) < 4.78 is 9.60. The summed E-state index contributed by atoms with van der Waals surface area (Å²) in [6, 6.07) is 0. The molecule has 0 aliphatic heterocycles. The van der Waals surface area contributed by atoms with Crippen molar-refractivity contribution in [1.82, 2.24) is 0 Å². The minimum atomic E-state index is 0.146. The minimum absolute atomic E-state index is 0.146. The molecule has 0 rings (SSSR count). The van der Waals surface area contributed by atoms with Crippen molar-refractivity contribution in [2.24, 2.45) is 0 Å². The van der Waals surface area contributed by atoms with Crippen LogP contribution >= 0.6 is 0 Å². The fraction of sp³-hybridized carbons (Fsp3) is 1.00. The summed E-state index contributed by atoms with van der Waals surface area (Å²) in [6.07, 6.45) is 0. The largest absolute Gasteiger partial charge is 0.692 e. The van der Waals surface area contributed by atoms with E-state index in [-0.39, 0.29) is 6.61 Å². The standard InChI is InChI=1S/C5H12O5/c1-7-2-3-8-4-5-9-10-6/h6H,2-5H2,1H3/p-1. The summed E-state index contributed by atoms with van der Waals surface area (Å²) in [5, 5.41) is 12.3. The highest BCUT2D eigenvalue weighted by atomic mass is 17.5. The van der Waals surface area contributed by atoms with Crippen molar-refractivity contribution in [1.29, 1.82) is 0 Å². The van der Waals surface area contributed by atoms with Crippen LogP contribution in [0.2, 0.25) is 0 Å². The van der Waals surface area contributed by atoms with Gasteiger partial charge in [-0.25, -0.2) is 4.89 Å². The van der Waals surface area contributed by atoms with Gasteiger partial charge in [-0.1, -0.05) is 0 Å². The molecular formula is C5H11O5-. The fourth-order valence-electron chi connectivity index (χ4n) is 0.371. The van der Waals surface area contributed by atoms with E-state index in [0.717, 1.165) is 0 Å². The van der Waals surface area contributed by atoms with Crippen molar-refractivity contribution in [2.75, 3.05) is 33.5 Å². The van der Waals surface area contributed by atoms with Gasteiger partial charge in [-0.3, -0.25) is 5.04 Å². The van der Waals surface area contributed by atoms with Crippen molar-refractivity contribution in [3.05, 3.63) is 0 Å². The van der Waals surface area contributed by atoms with E-state index < -0.39 is 0 Å². The molecule has 0 amide bonds. The molecule has 0 aliphatic carbocycles. The average molecular weight is 151 g/mol. The predicted octanol–water partition coefficient (Wildman–Crippen LogP) is -1.13. The summed E-state index contributed by atoms with van der Waals surface area (Å²) in [6.45, 7) is 1.52. The monoisotopic (exact) mass is 151 g/mol. The van der Waals surface area contributed by atoms with E-state index in [9.17, 15) is 5.26 Å². The molecule has 0 N–H and O–H groups in total. The lowest BCUT2D eigenvalue weighted by Gasteiger charge is -2.05. The summed E-state index contributed by atoms with van der Waals surface area (Å²) in [5.74, 6) is 0. The van der Waals surface area contributed by atoms with Crippen molar-refractivity contribution >= 4 is 0 Å². The molecular weight excluding hydrogens is 140 g/mol. The van der Waals surface area contributed by atoms with Gasteiger partial charge in [0.15, 0.2) is 0 Å². The number of ether oxygens (including phenoxy) is 2. The van der Waals surface area contributed by atoms with E-state index in [1.807, 2.05) is 0 Å². The Hall–Kier alpha value is -0.200. The average Bonchev–Trinajstić information content (AvgIpc) is 1.97. The maximum Gasteiger partial charge on any atom is 0.105 e. The van der Waals surface area contributed by atoms with Crippen molar-refractivity contribution in [3.63, 3.8) is 0 Å². The first-order valence-corrected chi connectivity index (χ1v) is 2.90. The molecule has 0 radical (unpaired) electrons. The van der Waals surface area contributed by atoms with E-state index in [4.69, 9.17) is 4.74 Å². The Kier molecular flexibility index (Phi) is 8.62. The van der Waals surface area contributed by atoms with E-state index in [0.29, 0.717) is 19.8 Å². The summed E-state index contributed by atoms with van der Waals surface area (Å²) in [7, 11) is 1.58. The SMILES string of the molecule is COCCOCCOO[O-]. The van der Waals surface area contributed by atoms with Gasteiger partial charge in [-0.05, 0) is 0 Å². The second-order valence-electron chi connectivity index (χ2n) is 1.50. The summed E-state index contributed by atoms with van der Waals surface area (Å²) in [4.78, 5) is 3.99. The van der Waals surface area contributed by atoms with Gasteiger partial charge in [0.1, 0.15) is 6.61 Å². The molecule has 0 saturated carbocycles. The molecule has 0 aliphatic rings. The fourth-order valence-corrected chi connectivity index (χ4v) is 0.371. The molecule has 0 fully saturated rings. The first-order chi connectivity index (χ1) is 4.91. The maximum absolute atomic E-state index is 9.22. The van der Waals surface area contributed by atoms with Gasteiger partial charge in [0.05, 0.1) is 19.8 Å². The van der Waals surface area contributed by atoms with Crippen LogP contribution in [0.1, 0.15) is 0 Å². The lowest BCUT2D eigenvalue weighted by Crippen LogP contribution is -2.12. The van der Waals surface area contributed by atoms with Crippen LogP contribution in [0.5, 0.6) is 0 Å². The molecule has 10 heavy (non-hydrogen) atoms. The highest BCUT2D eigenvalue weighted by molar-refractivity contribution is 4.27. The van der Waals surface area contributed by atoms with E-state index in [1.54, 1.807) is 7.11 Å². The van der Waals surface area contributed by atoms with Crippen LogP contribution in [0.25, 0.3) is 0 Å². The number of hydrogen-bond donors (Lipinski definition) is 0. The Bertz CT molecular complexity index is 50.0. The zero-order valence-electron chi connectivity index (χ0n) is 5.87. The number of rotatable bonds is 7. The molecule has 0 spiro atoms. The lowest BCUT2D eigenvalue weighted by molar-refractivity contribution is -0.800. The first-order valence-electron chi connectivity index (χ1n) is 2.90. The number of methoxy groups -OCH3 is 1. The highest BCUT2D eigenvalue weighted by Gasteiger charge is 1.86. The molecule has 0 saturated heterocycles. The van der Waals surface area contributed by atoms with E-state index in [2.05, 4.69) is 14.7 Å². The normalized spacial score (nSPS) is 10.2. The zero-order valence-corrected chi connectivity index (χ0v) is 5.87. The van der Waals surface area contributed by atoms with Crippen LogP contribution < -0.4 is 5.26 Å². The molecule has 62 valence electrons. The Labute approximate surface area is 59.3 Å². The van der Waals surface area contributed by atoms with Gasteiger partial charge < -0.3 is 14.7 Å². The van der Waals surface area contributed by atoms with E-state index >= 15 is 0 Å². The molecule has 0 atom stereocenters. The van der Waals surface area contributed by atoms with Gasteiger partial charge in [-0.15, -0.1) is 0 Å². The van der Waals surface area contributed by atoms with Crippen LogP contribution in [0.15, 0.2) is 0 Å². The van der Waals surface area contributed by atoms with Crippen molar-refractivity contribution < 1.29 is 24.7 Å². The second-order valence-corrected chi connectivity index (χ2v) is 1.50. The van der Waals surface area contributed by atoms with Gasteiger partial charge >= 0.3 is 0 Å². The number of hydrogen-bond acceptors (Lipinski definition) is 5. The smallest absolute Gasteiger partial charge is 0.105 e. The third-order valence-corrected chi connectivity index (χ3v) is 0.791. The molecule has 0 heterocycles. The molecule has 0 aromatic carbocycles.